The maximum Gasteiger partial charge on any atom is 0.251 e. The Morgan fingerprint density at radius 2 is 2.04 bits per heavy atom. The number of hydrogen-bond donors (Lipinski definition) is 1. The third-order valence-electron chi connectivity index (χ3n) is 4.72. The van der Waals surface area contributed by atoms with Gasteiger partial charge in [0, 0.05) is 30.1 Å². The van der Waals surface area contributed by atoms with Gasteiger partial charge in [-0.2, -0.15) is 4.98 Å². The Morgan fingerprint density at radius 3 is 2.82 bits per heavy atom. The van der Waals surface area contributed by atoms with Gasteiger partial charge < -0.3 is 14.7 Å². The fourth-order valence-electron chi connectivity index (χ4n) is 3.28. The number of aryl methyl sites for hydroxylation is 1. The van der Waals surface area contributed by atoms with Gasteiger partial charge in [0.25, 0.3) is 5.91 Å². The van der Waals surface area contributed by atoms with Crippen molar-refractivity contribution in [3.05, 3.63) is 77.4 Å². The zero-order valence-electron chi connectivity index (χ0n) is 15.5. The summed E-state index contributed by atoms with van der Waals surface area (Å²) in [4.78, 5) is 30.7. The van der Waals surface area contributed by atoms with Crippen molar-refractivity contribution in [1.82, 2.24) is 15.5 Å². The van der Waals surface area contributed by atoms with E-state index in [1.807, 2.05) is 37.3 Å². The number of carbonyl (C=O) groups excluding carboxylic acids is 2. The summed E-state index contributed by atoms with van der Waals surface area (Å²) in [7, 11) is 0. The first-order valence-corrected chi connectivity index (χ1v) is 9.13. The van der Waals surface area contributed by atoms with Gasteiger partial charge in [-0.05, 0) is 36.8 Å². The van der Waals surface area contributed by atoms with Gasteiger partial charge in [-0.1, -0.05) is 35.5 Å². The third-order valence-corrected chi connectivity index (χ3v) is 4.72. The zero-order chi connectivity index (χ0) is 19.5. The van der Waals surface area contributed by atoms with E-state index >= 15 is 0 Å². The Kier molecular flexibility index (Phi) is 4.89. The van der Waals surface area contributed by atoms with Crippen LogP contribution in [0.2, 0.25) is 0 Å². The zero-order valence-corrected chi connectivity index (χ0v) is 15.5. The molecule has 2 heterocycles. The predicted octanol–water partition coefficient (Wildman–Crippen LogP) is 2.83. The van der Waals surface area contributed by atoms with E-state index in [0.29, 0.717) is 30.2 Å². The molecule has 1 aliphatic heterocycles. The Labute approximate surface area is 162 Å². The van der Waals surface area contributed by atoms with Crippen LogP contribution in [0, 0.1) is 6.92 Å². The molecule has 28 heavy (non-hydrogen) atoms. The molecule has 1 unspecified atom stereocenters. The Morgan fingerprint density at radius 1 is 1.21 bits per heavy atom. The molecule has 7 nitrogen and oxygen atoms in total. The molecule has 1 fully saturated rings. The number of benzene rings is 2. The van der Waals surface area contributed by atoms with Gasteiger partial charge in [0.1, 0.15) is 0 Å². The quantitative estimate of drug-likeness (QED) is 0.740. The summed E-state index contributed by atoms with van der Waals surface area (Å²) >= 11 is 0. The number of rotatable bonds is 5. The van der Waals surface area contributed by atoms with Gasteiger partial charge in [0.05, 0.1) is 6.54 Å². The van der Waals surface area contributed by atoms with E-state index in [1.54, 1.807) is 29.2 Å². The van der Waals surface area contributed by atoms with Crippen LogP contribution in [0.25, 0.3) is 0 Å². The molecule has 0 aliphatic carbocycles. The first-order valence-electron chi connectivity index (χ1n) is 9.13. The lowest BCUT2D eigenvalue weighted by Crippen LogP contribution is -2.24. The van der Waals surface area contributed by atoms with E-state index in [1.165, 1.54) is 0 Å². The first-order chi connectivity index (χ1) is 13.6. The SMILES string of the molecule is Cc1cccc(N2CC(c3noc(CNC(=O)c4ccccc4)n3)CC2=O)c1. The summed E-state index contributed by atoms with van der Waals surface area (Å²) in [6.45, 7) is 2.65. The van der Waals surface area contributed by atoms with E-state index in [0.717, 1.165) is 11.3 Å². The van der Waals surface area contributed by atoms with Crippen molar-refractivity contribution in [3.8, 4) is 0 Å². The molecule has 2 amide bonds. The molecule has 0 spiro atoms. The van der Waals surface area contributed by atoms with Crippen molar-refractivity contribution in [2.24, 2.45) is 0 Å². The Hall–Kier alpha value is -3.48. The highest BCUT2D eigenvalue weighted by Crippen LogP contribution is 2.30. The van der Waals surface area contributed by atoms with Crippen molar-refractivity contribution in [1.29, 1.82) is 0 Å². The normalized spacial score (nSPS) is 16.4. The number of nitrogens with zero attached hydrogens (tertiary/aromatic N) is 3. The monoisotopic (exact) mass is 376 g/mol. The molecule has 1 N–H and O–H groups in total. The van der Waals surface area contributed by atoms with Gasteiger partial charge >= 0.3 is 0 Å². The topological polar surface area (TPSA) is 88.3 Å². The van der Waals surface area contributed by atoms with Crippen LogP contribution in [0.1, 0.15) is 40.0 Å². The van der Waals surface area contributed by atoms with Crippen LogP contribution >= 0.6 is 0 Å². The lowest BCUT2D eigenvalue weighted by Gasteiger charge is -2.16. The molecule has 0 radical (unpaired) electrons. The minimum Gasteiger partial charge on any atom is -0.343 e. The molecule has 0 bridgehead atoms. The van der Waals surface area contributed by atoms with Crippen molar-refractivity contribution in [2.75, 3.05) is 11.4 Å². The summed E-state index contributed by atoms with van der Waals surface area (Å²) < 4.78 is 5.25. The standard InChI is InChI=1S/C21H20N4O3/c1-14-6-5-9-17(10-14)25-13-16(11-19(25)26)20-23-18(28-24-20)12-22-21(27)15-7-3-2-4-8-15/h2-10,16H,11-13H2,1H3,(H,22,27). The number of hydrogen-bond acceptors (Lipinski definition) is 5. The van der Waals surface area contributed by atoms with E-state index in [2.05, 4.69) is 15.5 Å². The predicted molar refractivity (Wildman–Crippen MR) is 103 cm³/mol. The number of carbonyl (C=O) groups is 2. The van der Waals surface area contributed by atoms with Crippen LogP contribution in [0.15, 0.2) is 59.1 Å². The van der Waals surface area contributed by atoms with Crippen LogP contribution in [0.4, 0.5) is 5.69 Å². The molecule has 0 saturated carbocycles. The number of nitrogens with one attached hydrogen (secondary N) is 1. The molecule has 7 heteroatoms. The summed E-state index contributed by atoms with van der Waals surface area (Å²) in [6, 6.07) is 16.8. The van der Waals surface area contributed by atoms with Gasteiger partial charge in [-0.3, -0.25) is 9.59 Å². The second-order valence-corrected chi connectivity index (χ2v) is 6.84. The van der Waals surface area contributed by atoms with Crippen LogP contribution in [0.5, 0.6) is 0 Å². The molecular formula is C21H20N4O3. The minimum atomic E-state index is -0.206. The van der Waals surface area contributed by atoms with Gasteiger partial charge in [-0.25, -0.2) is 0 Å². The average Bonchev–Trinajstić information content (AvgIpc) is 3.33. The van der Waals surface area contributed by atoms with Gasteiger partial charge in [-0.15, -0.1) is 0 Å². The number of anilines is 1. The summed E-state index contributed by atoms with van der Waals surface area (Å²) in [5.41, 5.74) is 2.55. The molecule has 3 aromatic rings. The first kappa shape index (κ1) is 17.9. The molecular weight excluding hydrogens is 356 g/mol. The average molecular weight is 376 g/mol. The highest BCUT2D eigenvalue weighted by Gasteiger charge is 2.34. The third kappa shape index (κ3) is 3.78. The minimum absolute atomic E-state index is 0.0410. The maximum absolute atomic E-state index is 12.4. The Balaban J connectivity index is 1.39. The van der Waals surface area contributed by atoms with Crippen molar-refractivity contribution < 1.29 is 14.1 Å². The summed E-state index contributed by atoms with van der Waals surface area (Å²) in [6.07, 6.45) is 0.337. The van der Waals surface area contributed by atoms with E-state index in [9.17, 15) is 9.59 Å². The highest BCUT2D eigenvalue weighted by molar-refractivity contribution is 5.96. The summed E-state index contributed by atoms with van der Waals surface area (Å²) in [5, 5.41) is 6.77. The lowest BCUT2D eigenvalue weighted by atomic mass is 10.1. The Bertz CT molecular complexity index is 1000. The van der Waals surface area contributed by atoms with Gasteiger partial charge in [0.15, 0.2) is 5.82 Å². The summed E-state index contributed by atoms with van der Waals surface area (Å²) in [5.74, 6) is 0.518. The van der Waals surface area contributed by atoms with E-state index in [4.69, 9.17) is 4.52 Å². The lowest BCUT2D eigenvalue weighted by molar-refractivity contribution is -0.117. The van der Waals surface area contributed by atoms with Gasteiger partial charge in [0.2, 0.25) is 11.8 Å². The van der Waals surface area contributed by atoms with Crippen LogP contribution in [-0.4, -0.2) is 28.5 Å². The van der Waals surface area contributed by atoms with Crippen LogP contribution in [0.3, 0.4) is 0 Å². The largest absolute Gasteiger partial charge is 0.343 e. The van der Waals surface area contributed by atoms with E-state index in [-0.39, 0.29) is 24.3 Å². The molecule has 4 rings (SSSR count). The molecule has 1 aliphatic rings. The van der Waals surface area contributed by atoms with Crippen LogP contribution < -0.4 is 10.2 Å². The number of amides is 2. The maximum atomic E-state index is 12.4. The van der Waals surface area contributed by atoms with Crippen molar-refractivity contribution in [3.63, 3.8) is 0 Å². The highest BCUT2D eigenvalue weighted by atomic mass is 16.5. The fraction of sp³-hybridized carbons (Fsp3) is 0.238. The fourth-order valence-corrected chi connectivity index (χ4v) is 3.28. The molecule has 1 atom stereocenters. The molecule has 142 valence electrons. The molecule has 2 aromatic carbocycles. The van der Waals surface area contributed by atoms with E-state index < -0.39 is 0 Å². The number of aromatic nitrogens is 2. The van der Waals surface area contributed by atoms with Crippen molar-refractivity contribution >= 4 is 17.5 Å². The second kappa shape index (κ2) is 7.64. The smallest absolute Gasteiger partial charge is 0.251 e. The second-order valence-electron chi connectivity index (χ2n) is 6.84. The van der Waals surface area contributed by atoms with Crippen molar-refractivity contribution in [2.45, 2.75) is 25.8 Å². The van der Waals surface area contributed by atoms with Crippen LogP contribution in [-0.2, 0) is 11.3 Å². The molecule has 1 aromatic heterocycles. The molecule has 1 saturated heterocycles.